The lowest BCUT2D eigenvalue weighted by molar-refractivity contribution is -0.131. The summed E-state index contributed by atoms with van der Waals surface area (Å²) in [5.41, 5.74) is 0.893. The maximum absolute atomic E-state index is 13.1. The summed E-state index contributed by atoms with van der Waals surface area (Å²) in [4.78, 5) is 26.2. The summed E-state index contributed by atoms with van der Waals surface area (Å²) in [6.07, 6.45) is 1.63. The fraction of sp³-hybridized carbons (Fsp3) is 0.522. The zero-order valence-electron chi connectivity index (χ0n) is 18.9. The highest BCUT2D eigenvalue weighted by Crippen LogP contribution is 2.25. The quantitative estimate of drug-likeness (QED) is 0.554. The molecule has 9 nitrogen and oxygen atoms in total. The summed E-state index contributed by atoms with van der Waals surface area (Å²) in [7, 11) is 0. The third-order valence-corrected chi connectivity index (χ3v) is 5.54. The van der Waals surface area contributed by atoms with E-state index >= 15 is 0 Å². The molecule has 1 atom stereocenters. The number of amides is 1. The van der Waals surface area contributed by atoms with E-state index in [1.807, 2.05) is 42.2 Å². The van der Waals surface area contributed by atoms with Crippen LogP contribution in [0.4, 0.5) is 0 Å². The molecule has 4 rings (SSSR count). The van der Waals surface area contributed by atoms with Gasteiger partial charge in [-0.15, -0.1) is 0 Å². The zero-order valence-corrected chi connectivity index (χ0v) is 18.9. The molecule has 1 saturated heterocycles. The van der Waals surface area contributed by atoms with E-state index in [1.165, 1.54) is 0 Å². The van der Waals surface area contributed by atoms with E-state index in [2.05, 4.69) is 39.0 Å². The summed E-state index contributed by atoms with van der Waals surface area (Å²) >= 11 is 0. The van der Waals surface area contributed by atoms with Gasteiger partial charge in [0, 0.05) is 44.6 Å². The molecule has 0 N–H and O–H groups in total. The molecule has 3 aromatic rings. The number of aromatic nitrogens is 4. The van der Waals surface area contributed by atoms with Gasteiger partial charge in [0.05, 0.1) is 0 Å². The van der Waals surface area contributed by atoms with E-state index in [9.17, 15) is 4.79 Å². The Labute approximate surface area is 187 Å². The second kappa shape index (κ2) is 10.0. The van der Waals surface area contributed by atoms with Crippen molar-refractivity contribution in [3.63, 3.8) is 0 Å². The molecule has 0 saturated carbocycles. The van der Waals surface area contributed by atoms with Gasteiger partial charge in [-0.3, -0.25) is 9.69 Å². The van der Waals surface area contributed by atoms with Crippen LogP contribution < -0.4 is 0 Å². The van der Waals surface area contributed by atoms with Gasteiger partial charge in [0.1, 0.15) is 6.04 Å². The topological polar surface area (TPSA) is 101 Å². The van der Waals surface area contributed by atoms with Crippen molar-refractivity contribution in [1.29, 1.82) is 0 Å². The average molecular weight is 439 g/mol. The molecule has 0 spiro atoms. The smallest absolute Gasteiger partial charge is 0.245 e. The normalized spacial score (nSPS) is 17.6. The number of rotatable bonds is 7. The molecule has 2 aromatic heterocycles. The van der Waals surface area contributed by atoms with Crippen LogP contribution in [0.25, 0.3) is 11.4 Å². The Balaban J connectivity index is 1.41. The molecule has 1 unspecified atom stereocenters. The van der Waals surface area contributed by atoms with Gasteiger partial charge in [-0.05, 0) is 19.3 Å². The lowest BCUT2D eigenvalue weighted by atomic mass is 10.1. The van der Waals surface area contributed by atoms with Crippen molar-refractivity contribution in [1.82, 2.24) is 30.1 Å². The van der Waals surface area contributed by atoms with E-state index in [1.54, 1.807) is 0 Å². The van der Waals surface area contributed by atoms with Crippen LogP contribution in [0.15, 0.2) is 39.4 Å². The standard InChI is InChI=1S/C23H30N6O3/c1-16(2)14-28-12-7-13-29(15-19(28)23-24-17(3)26-32-23)21(30)11-10-20-25-22(27-31-20)18-8-5-4-6-9-18/h4-6,8-9,16,19H,7,10-15H2,1-3H3. The van der Waals surface area contributed by atoms with Gasteiger partial charge < -0.3 is 13.9 Å². The Morgan fingerprint density at radius 1 is 1.12 bits per heavy atom. The first kappa shape index (κ1) is 22.1. The molecule has 9 heteroatoms. The second-order valence-corrected chi connectivity index (χ2v) is 8.66. The number of hydrogen-bond donors (Lipinski definition) is 0. The monoisotopic (exact) mass is 438 g/mol. The first-order chi connectivity index (χ1) is 15.5. The molecular weight excluding hydrogens is 408 g/mol. The van der Waals surface area contributed by atoms with Crippen molar-refractivity contribution in [2.75, 3.05) is 26.2 Å². The van der Waals surface area contributed by atoms with Crippen molar-refractivity contribution in [2.24, 2.45) is 5.92 Å². The summed E-state index contributed by atoms with van der Waals surface area (Å²) in [5.74, 6) is 2.76. The first-order valence-corrected chi connectivity index (χ1v) is 11.2. The first-order valence-electron chi connectivity index (χ1n) is 11.2. The Bertz CT molecular complexity index is 1020. The van der Waals surface area contributed by atoms with E-state index in [4.69, 9.17) is 9.05 Å². The van der Waals surface area contributed by atoms with Gasteiger partial charge in [0.15, 0.2) is 5.82 Å². The number of hydrogen-bond acceptors (Lipinski definition) is 8. The van der Waals surface area contributed by atoms with Crippen LogP contribution in [0.1, 0.15) is 50.3 Å². The lowest BCUT2D eigenvalue weighted by Crippen LogP contribution is -2.39. The third kappa shape index (κ3) is 5.40. The Morgan fingerprint density at radius 2 is 1.94 bits per heavy atom. The Morgan fingerprint density at radius 3 is 2.66 bits per heavy atom. The van der Waals surface area contributed by atoms with E-state index < -0.39 is 0 Å². The zero-order chi connectivity index (χ0) is 22.5. The molecule has 0 aliphatic carbocycles. The van der Waals surface area contributed by atoms with Crippen molar-refractivity contribution in [2.45, 2.75) is 46.1 Å². The molecule has 32 heavy (non-hydrogen) atoms. The van der Waals surface area contributed by atoms with Crippen LogP contribution in [0.2, 0.25) is 0 Å². The summed E-state index contributed by atoms with van der Waals surface area (Å²) in [5, 5.41) is 8.00. The van der Waals surface area contributed by atoms with Gasteiger partial charge in [-0.2, -0.15) is 9.97 Å². The predicted molar refractivity (Wildman–Crippen MR) is 117 cm³/mol. The largest absolute Gasteiger partial charge is 0.341 e. The molecule has 1 aromatic carbocycles. The SMILES string of the molecule is Cc1noc(C2CN(C(=O)CCc3nc(-c4ccccc4)no3)CCCN2CC(C)C)n1. The lowest BCUT2D eigenvalue weighted by Gasteiger charge is -2.30. The Hall–Kier alpha value is -3.07. The summed E-state index contributed by atoms with van der Waals surface area (Å²) < 4.78 is 10.9. The van der Waals surface area contributed by atoms with Crippen LogP contribution in [0, 0.1) is 12.8 Å². The van der Waals surface area contributed by atoms with E-state index in [0.717, 1.165) is 25.1 Å². The molecule has 1 fully saturated rings. The van der Waals surface area contributed by atoms with E-state index in [0.29, 0.717) is 55.3 Å². The maximum Gasteiger partial charge on any atom is 0.245 e. The van der Waals surface area contributed by atoms with Crippen LogP contribution >= 0.6 is 0 Å². The number of aryl methyl sites for hydroxylation is 2. The molecule has 170 valence electrons. The summed E-state index contributed by atoms with van der Waals surface area (Å²) in [6.45, 7) is 9.24. The number of carbonyl (C=O) groups excluding carboxylic acids is 1. The maximum atomic E-state index is 13.1. The number of nitrogens with zero attached hydrogens (tertiary/aromatic N) is 6. The fourth-order valence-electron chi connectivity index (χ4n) is 4.07. The van der Waals surface area contributed by atoms with Crippen LogP contribution in [-0.2, 0) is 11.2 Å². The van der Waals surface area contributed by atoms with Gasteiger partial charge in [0.2, 0.25) is 23.5 Å². The Kier molecular flexibility index (Phi) is 6.94. The average Bonchev–Trinajstić information content (AvgIpc) is 3.38. The molecule has 0 bridgehead atoms. The molecule has 0 radical (unpaired) electrons. The third-order valence-electron chi connectivity index (χ3n) is 5.54. The highest BCUT2D eigenvalue weighted by atomic mass is 16.5. The molecule has 1 aliphatic rings. The van der Waals surface area contributed by atoms with Crippen LogP contribution in [0.3, 0.4) is 0 Å². The fourth-order valence-corrected chi connectivity index (χ4v) is 4.07. The van der Waals surface area contributed by atoms with Gasteiger partial charge >= 0.3 is 0 Å². The molecule has 1 amide bonds. The summed E-state index contributed by atoms with van der Waals surface area (Å²) in [6, 6.07) is 9.56. The van der Waals surface area contributed by atoms with Gasteiger partial charge in [-0.1, -0.05) is 54.5 Å². The minimum Gasteiger partial charge on any atom is -0.341 e. The number of carbonyl (C=O) groups is 1. The highest BCUT2D eigenvalue weighted by Gasteiger charge is 2.32. The minimum atomic E-state index is -0.0989. The van der Waals surface area contributed by atoms with E-state index in [-0.39, 0.29) is 11.9 Å². The predicted octanol–water partition coefficient (Wildman–Crippen LogP) is 3.29. The highest BCUT2D eigenvalue weighted by molar-refractivity contribution is 5.76. The van der Waals surface area contributed by atoms with Crippen molar-refractivity contribution >= 4 is 5.91 Å². The van der Waals surface area contributed by atoms with Crippen molar-refractivity contribution in [3.8, 4) is 11.4 Å². The van der Waals surface area contributed by atoms with Crippen molar-refractivity contribution in [3.05, 3.63) is 47.9 Å². The molecule has 1 aliphatic heterocycles. The van der Waals surface area contributed by atoms with Gasteiger partial charge in [0.25, 0.3) is 0 Å². The van der Waals surface area contributed by atoms with Crippen LogP contribution in [-0.4, -0.2) is 62.2 Å². The van der Waals surface area contributed by atoms with Crippen molar-refractivity contribution < 1.29 is 13.8 Å². The molecule has 3 heterocycles. The molecular formula is C23H30N6O3. The minimum absolute atomic E-state index is 0.0668. The van der Waals surface area contributed by atoms with Gasteiger partial charge in [-0.25, -0.2) is 0 Å². The second-order valence-electron chi connectivity index (χ2n) is 8.66. The van der Waals surface area contributed by atoms with Crippen LogP contribution in [0.5, 0.6) is 0 Å². The number of benzene rings is 1.